The highest BCUT2D eigenvalue weighted by molar-refractivity contribution is 5.76. The topological polar surface area (TPSA) is 52.6 Å². The third-order valence-electron chi connectivity index (χ3n) is 2.55. The number of rotatable bonds is 7. The summed E-state index contributed by atoms with van der Waals surface area (Å²) in [5.74, 6) is 0.423. The molecule has 2 N–H and O–H groups in total. The smallest absolute Gasteiger partial charge is 0.220 e. The lowest BCUT2D eigenvalue weighted by molar-refractivity contribution is -0.123. The van der Waals surface area contributed by atoms with Gasteiger partial charge in [0.05, 0.1) is 5.60 Å². The van der Waals surface area contributed by atoms with Gasteiger partial charge in [0.15, 0.2) is 0 Å². The summed E-state index contributed by atoms with van der Waals surface area (Å²) in [7, 11) is 3.80. The molecule has 0 radical (unpaired) electrons. The Morgan fingerprint density at radius 3 is 2.50 bits per heavy atom. The Kier molecular flexibility index (Phi) is 6.60. The lowest BCUT2D eigenvalue weighted by atomic mass is 10.0. The fraction of sp³-hybridized carbons (Fsp3) is 0.917. The Morgan fingerprint density at radius 1 is 1.50 bits per heavy atom. The van der Waals surface area contributed by atoms with Crippen molar-refractivity contribution >= 4 is 5.91 Å². The van der Waals surface area contributed by atoms with Crippen molar-refractivity contribution in [1.29, 1.82) is 0 Å². The van der Waals surface area contributed by atoms with Crippen LogP contribution in [0.2, 0.25) is 0 Å². The number of carbonyl (C=O) groups excluding carboxylic acids is 1. The molecule has 0 aromatic heterocycles. The van der Waals surface area contributed by atoms with E-state index in [2.05, 4.69) is 19.2 Å². The van der Waals surface area contributed by atoms with Crippen LogP contribution in [0.3, 0.4) is 0 Å². The molecule has 2 atom stereocenters. The molecule has 0 aliphatic rings. The van der Waals surface area contributed by atoms with E-state index in [0.717, 1.165) is 6.42 Å². The van der Waals surface area contributed by atoms with Crippen molar-refractivity contribution in [3.05, 3.63) is 0 Å². The van der Waals surface area contributed by atoms with Crippen LogP contribution in [-0.4, -0.2) is 48.7 Å². The third-order valence-corrected chi connectivity index (χ3v) is 2.55. The largest absolute Gasteiger partial charge is 0.387 e. The van der Waals surface area contributed by atoms with Gasteiger partial charge in [-0.05, 0) is 26.9 Å². The molecule has 0 heterocycles. The zero-order valence-electron chi connectivity index (χ0n) is 11.2. The first-order valence-corrected chi connectivity index (χ1v) is 5.90. The molecule has 0 rings (SSSR count). The van der Waals surface area contributed by atoms with Gasteiger partial charge < -0.3 is 15.3 Å². The minimum Gasteiger partial charge on any atom is -0.387 e. The van der Waals surface area contributed by atoms with E-state index in [1.54, 1.807) is 6.92 Å². The van der Waals surface area contributed by atoms with E-state index in [-0.39, 0.29) is 5.91 Å². The van der Waals surface area contributed by atoms with Gasteiger partial charge in [-0.15, -0.1) is 0 Å². The van der Waals surface area contributed by atoms with E-state index in [0.29, 0.717) is 25.4 Å². The Hall–Kier alpha value is -0.610. The molecule has 2 unspecified atom stereocenters. The van der Waals surface area contributed by atoms with Crippen molar-refractivity contribution < 1.29 is 9.90 Å². The maximum Gasteiger partial charge on any atom is 0.220 e. The molecule has 4 nitrogen and oxygen atoms in total. The number of nitrogens with zero attached hydrogens (tertiary/aromatic N) is 1. The van der Waals surface area contributed by atoms with Crippen LogP contribution in [0.5, 0.6) is 0 Å². The molecule has 1 amide bonds. The van der Waals surface area contributed by atoms with E-state index in [4.69, 9.17) is 0 Å². The van der Waals surface area contributed by atoms with Gasteiger partial charge in [0.2, 0.25) is 5.91 Å². The van der Waals surface area contributed by atoms with Gasteiger partial charge in [0, 0.05) is 19.5 Å². The van der Waals surface area contributed by atoms with Gasteiger partial charge in [-0.2, -0.15) is 0 Å². The van der Waals surface area contributed by atoms with Crippen molar-refractivity contribution in [2.75, 3.05) is 27.2 Å². The van der Waals surface area contributed by atoms with Crippen molar-refractivity contribution in [1.82, 2.24) is 10.2 Å². The van der Waals surface area contributed by atoms with Gasteiger partial charge in [-0.3, -0.25) is 4.79 Å². The maximum absolute atomic E-state index is 11.5. The lowest BCUT2D eigenvalue weighted by Gasteiger charge is -2.27. The minimum atomic E-state index is -0.866. The summed E-state index contributed by atoms with van der Waals surface area (Å²) < 4.78 is 0. The summed E-state index contributed by atoms with van der Waals surface area (Å²) in [5.41, 5.74) is -0.866. The molecule has 0 aromatic rings. The summed E-state index contributed by atoms with van der Waals surface area (Å²) in [5, 5.41) is 12.7. The van der Waals surface area contributed by atoms with Crippen molar-refractivity contribution in [2.45, 2.75) is 39.2 Å². The van der Waals surface area contributed by atoms with E-state index >= 15 is 0 Å². The van der Waals surface area contributed by atoms with Crippen LogP contribution in [0, 0.1) is 5.92 Å². The monoisotopic (exact) mass is 230 g/mol. The van der Waals surface area contributed by atoms with Gasteiger partial charge >= 0.3 is 0 Å². The second-order valence-electron chi connectivity index (χ2n) is 5.23. The first-order valence-electron chi connectivity index (χ1n) is 5.90. The highest BCUT2D eigenvalue weighted by atomic mass is 16.3. The molecule has 16 heavy (non-hydrogen) atoms. The van der Waals surface area contributed by atoms with Gasteiger partial charge in [0.25, 0.3) is 0 Å². The van der Waals surface area contributed by atoms with Crippen molar-refractivity contribution in [2.24, 2.45) is 5.92 Å². The number of hydrogen-bond acceptors (Lipinski definition) is 3. The molecule has 0 aliphatic heterocycles. The van der Waals surface area contributed by atoms with Crippen LogP contribution in [0.25, 0.3) is 0 Å². The lowest BCUT2D eigenvalue weighted by Crippen LogP contribution is -2.47. The summed E-state index contributed by atoms with van der Waals surface area (Å²) in [6.45, 7) is 6.70. The molecule has 0 fully saturated rings. The van der Waals surface area contributed by atoms with Gasteiger partial charge in [0.1, 0.15) is 0 Å². The molecule has 0 bridgehead atoms. The summed E-state index contributed by atoms with van der Waals surface area (Å²) >= 11 is 0. The zero-order valence-corrected chi connectivity index (χ0v) is 11.2. The quantitative estimate of drug-likeness (QED) is 0.682. The second-order valence-corrected chi connectivity index (χ2v) is 5.23. The summed E-state index contributed by atoms with van der Waals surface area (Å²) in [4.78, 5) is 13.4. The molecule has 0 saturated carbocycles. The minimum absolute atomic E-state index is 0.0216. The Bertz CT molecular complexity index is 215. The van der Waals surface area contributed by atoms with Crippen LogP contribution < -0.4 is 5.32 Å². The highest BCUT2D eigenvalue weighted by Gasteiger charge is 2.22. The first kappa shape index (κ1) is 15.4. The van der Waals surface area contributed by atoms with E-state index < -0.39 is 5.60 Å². The SMILES string of the molecule is CCC(C)CC(=O)NCC(C)(O)CN(C)C. The molecular formula is C12H26N2O2. The number of nitrogens with one attached hydrogen (secondary N) is 1. The third kappa shape index (κ3) is 7.65. The molecule has 4 heteroatoms. The summed E-state index contributed by atoms with van der Waals surface area (Å²) in [6.07, 6.45) is 1.54. The number of carbonyl (C=O) groups is 1. The fourth-order valence-electron chi connectivity index (χ4n) is 1.56. The molecular weight excluding hydrogens is 204 g/mol. The number of hydrogen-bond donors (Lipinski definition) is 2. The van der Waals surface area contributed by atoms with Crippen molar-refractivity contribution in [3.8, 4) is 0 Å². The van der Waals surface area contributed by atoms with Crippen LogP contribution in [0.15, 0.2) is 0 Å². The molecule has 0 aliphatic carbocycles. The van der Waals surface area contributed by atoms with Gasteiger partial charge in [-0.25, -0.2) is 0 Å². The molecule has 0 aromatic carbocycles. The Labute approximate surface area is 99.0 Å². The normalized spacial score (nSPS) is 16.9. The molecule has 0 spiro atoms. The van der Waals surface area contributed by atoms with Crippen molar-refractivity contribution in [3.63, 3.8) is 0 Å². The molecule has 96 valence electrons. The maximum atomic E-state index is 11.5. The van der Waals surface area contributed by atoms with Crippen LogP contribution in [0.4, 0.5) is 0 Å². The number of likely N-dealkylation sites (N-methyl/N-ethyl adjacent to an activating group) is 1. The van der Waals surface area contributed by atoms with E-state index in [1.165, 1.54) is 0 Å². The van der Waals surface area contributed by atoms with Gasteiger partial charge in [-0.1, -0.05) is 20.3 Å². The predicted octanol–water partition coefficient (Wildman–Crippen LogP) is 0.851. The average Bonchev–Trinajstić information content (AvgIpc) is 2.13. The summed E-state index contributed by atoms with van der Waals surface area (Å²) in [6, 6.07) is 0. The van der Waals surface area contributed by atoms with Crippen LogP contribution >= 0.6 is 0 Å². The Balaban J connectivity index is 3.90. The first-order chi connectivity index (χ1) is 7.26. The van der Waals surface area contributed by atoms with E-state index in [9.17, 15) is 9.90 Å². The standard InChI is InChI=1S/C12H26N2O2/c1-6-10(2)7-11(15)13-8-12(3,16)9-14(4)5/h10,16H,6-9H2,1-5H3,(H,13,15). The Morgan fingerprint density at radius 2 is 2.06 bits per heavy atom. The predicted molar refractivity (Wildman–Crippen MR) is 66.3 cm³/mol. The zero-order chi connectivity index (χ0) is 12.8. The number of aliphatic hydroxyl groups is 1. The second kappa shape index (κ2) is 6.86. The van der Waals surface area contributed by atoms with E-state index in [1.807, 2.05) is 19.0 Å². The fourth-order valence-corrected chi connectivity index (χ4v) is 1.56. The van der Waals surface area contributed by atoms with Crippen LogP contribution in [-0.2, 0) is 4.79 Å². The van der Waals surface area contributed by atoms with Crippen LogP contribution in [0.1, 0.15) is 33.6 Å². The molecule has 0 saturated heterocycles. The number of amides is 1. The average molecular weight is 230 g/mol. The highest BCUT2D eigenvalue weighted by Crippen LogP contribution is 2.07.